The molecule has 8 heteroatoms. The fraction of sp³-hybridized carbons (Fsp3) is 0.609. The lowest BCUT2D eigenvalue weighted by molar-refractivity contribution is -0.0250. The molecule has 4 rings (SSSR count). The third-order valence-corrected chi connectivity index (χ3v) is 5.97. The third-order valence-electron chi connectivity index (χ3n) is 5.97. The number of halogens is 1. The number of aliphatic imine (C=N–C) groups is 1. The van der Waals surface area contributed by atoms with E-state index in [1.807, 2.05) is 11.6 Å². The molecule has 1 aromatic carbocycles. The summed E-state index contributed by atoms with van der Waals surface area (Å²) < 4.78 is 8.21. The van der Waals surface area contributed by atoms with Crippen molar-refractivity contribution >= 4 is 29.9 Å². The van der Waals surface area contributed by atoms with Crippen molar-refractivity contribution in [1.82, 2.24) is 25.4 Å². The van der Waals surface area contributed by atoms with Crippen LogP contribution in [0.2, 0.25) is 0 Å². The average Bonchev–Trinajstić information content (AvgIpc) is 3.14. The lowest BCUT2D eigenvalue weighted by Gasteiger charge is -2.31. The minimum Gasteiger partial charge on any atom is -0.373 e. The first-order valence-electron chi connectivity index (χ1n) is 11.3. The van der Waals surface area contributed by atoms with Gasteiger partial charge in [-0.1, -0.05) is 29.8 Å². The van der Waals surface area contributed by atoms with Crippen LogP contribution in [-0.4, -0.2) is 40.4 Å². The Morgan fingerprint density at radius 2 is 2.00 bits per heavy atom. The van der Waals surface area contributed by atoms with Gasteiger partial charge in [0.2, 0.25) is 0 Å². The summed E-state index contributed by atoms with van der Waals surface area (Å²) in [6.07, 6.45) is 4.49. The van der Waals surface area contributed by atoms with E-state index in [1.165, 1.54) is 11.1 Å². The van der Waals surface area contributed by atoms with Crippen molar-refractivity contribution < 1.29 is 4.74 Å². The fourth-order valence-corrected chi connectivity index (χ4v) is 4.45. The summed E-state index contributed by atoms with van der Waals surface area (Å²) in [4.78, 5) is 9.60. The number of fused-ring (bicyclic) bond motifs is 1. The summed E-state index contributed by atoms with van der Waals surface area (Å²) in [5.41, 5.74) is 2.53. The second kappa shape index (κ2) is 11.3. The van der Waals surface area contributed by atoms with Crippen LogP contribution in [-0.2, 0) is 11.3 Å². The van der Waals surface area contributed by atoms with Gasteiger partial charge in [0.15, 0.2) is 5.96 Å². The van der Waals surface area contributed by atoms with E-state index in [-0.39, 0.29) is 36.1 Å². The highest BCUT2D eigenvalue weighted by atomic mass is 127. The average molecular weight is 538 g/mol. The number of guanidine groups is 1. The third kappa shape index (κ3) is 5.97. The molecule has 3 unspecified atom stereocenters. The maximum absolute atomic E-state index is 6.18. The number of nitrogens with zero attached hydrogens (tertiary/aromatic N) is 4. The van der Waals surface area contributed by atoms with E-state index >= 15 is 0 Å². The van der Waals surface area contributed by atoms with Gasteiger partial charge in [-0.25, -0.2) is 9.67 Å². The van der Waals surface area contributed by atoms with Crippen LogP contribution < -0.4 is 10.6 Å². The monoisotopic (exact) mass is 538 g/mol. The Morgan fingerprint density at radius 1 is 1.19 bits per heavy atom. The summed E-state index contributed by atoms with van der Waals surface area (Å²) in [5, 5.41) is 11.5. The van der Waals surface area contributed by atoms with Crippen molar-refractivity contribution in [2.75, 3.05) is 19.7 Å². The van der Waals surface area contributed by atoms with E-state index in [9.17, 15) is 0 Å². The first-order chi connectivity index (χ1) is 14.6. The molecule has 2 aliphatic rings. The van der Waals surface area contributed by atoms with Gasteiger partial charge in [0, 0.05) is 32.2 Å². The number of nitrogens with one attached hydrogen (secondary N) is 2. The first kappa shape index (κ1) is 24.0. The van der Waals surface area contributed by atoms with Crippen LogP contribution in [0.5, 0.6) is 0 Å². The largest absolute Gasteiger partial charge is 0.373 e. The molecular formula is C23H35IN6O. The van der Waals surface area contributed by atoms with E-state index in [1.54, 1.807) is 0 Å². The van der Waals surface area contributed by atoms with Crippen LogP contribution in [0, 0.1) is 19.8 Å². The molecule has 1 aromatic heterocycles. The van der Waals surface area contributed by atoms with Crippen molar-refractivity contribution in [2.45, 2.75) is 65.1 Å². The minimum atomic E-state index is 0. The maximum atomic E-state index is 6.18. The number of rotatable bonds is 5. The van der Waals surface area contributed by atoms with Gasteiger partial charge in [0.1, 0.15) is 11.6 Å². The van der Waals surface area contributed by atoms with E-state index in [0.29, 0.717) is 5.92 Å². The van der Waals surface area contributed by atoms with Crippen molar-refractivity contribution in [2.24, 2.45) is 10.9 Å². The summed E-state index contributed by atoms with van der Waals surface area (Å²) in [7, 11) is 0. The van der Waals surface area contributed by atoms with Crippen molar-refractivity contribution in [3.63, 3.8) is 0 Å². The second-order valence-corrected chi connectivity index (χ2v) is 8.40. The van der Waals surface area contributed by atoms with Crippen LogP contribution in [0.4, 0.5) is 0 Å². The standard InChI is InChI=1S/C23H34N6O.HI/c1-4-24-23(27-20-8-5-13-29-22(20)26-17(3)28-29)25-15-19-7-6-14-30-21(19)18-11-9-16(2)10-12-18;/h9-12,19-21H,4-8,13-15H2,1-3H3,(H2,24,25,27);1H. The number of ether oxygens (including phenoxy) is 1. The molecule has 0 radical (unpaired) electrons. The molecule has 2 N–H and O–H groups in total. The SMILES string of the molecule is CCNC(=NCC1CCCOC1c1ccc(C)cc1)NC1CCCn2nc(C)nc21.I. The van der Waals surface area contributed by atoms with Crippen molar-refractivity contribution in [1.29, 1.82) is 0 Å². The Kier molecular flexibility index (Phi) is 8.71. The summed E-state index contributed by atoms with van der Waals surface area (Å²) in [6.45, 7) is 9.52. The molecule has 0 spiro atoms. The summed E-state index contributed by atoms with van der Waals surface area (Å²) >= 11 is 0. The Bertz CT molecular complexity index is 865. The maximum Gasteiger partial charge on any atom is 0.191 e. The van der Waals surface area contributed by atoms with Gasteiger partial charge in [-0.15, -0.1) is 24.0 Å². The number of hydrogen-bond donors (Lipinski definition) is 2. The molecule has 0 bridgehead atoms. The predicted octanol–water partition coefficient (Wildman–Crippen LogP) is 4.07. The zero-order valence-corrected chi connectivity index (χ0v) is 21.1. The Morgan fingerprint density at radius 3 is 2.77 bits per heavy atom. The Balaban J connectivity index is 0.00000272. The number of hydrogen-bond acceptors (Lipinski definition) is 4. The highest BCUT2D eigenvalue weighted by Crippen LogP contribution is 2.34. The Labute approximate surface area is 202 Å². The molecule has 0 amide bonds. The highest BCUT2D eigenvalue weighted by Gasteiger charge is 2.28. The van der Waals surface area contributed by atoms with Gasteiger partial charge in [-0.2, -0.15) is 5.10 Å². The molecule has 3 atom stereocenters. The molecule has 31 heavy (non-hydrogen) atoms. The molecule has 2 aromatic rings. The molecule has 7 nitrogen and oxygen atoms in total. The molecule has 0 aliphatic carbocycles. The lowest BCUT2D eigenvalue weighted by atomic mass is 9.89. The quantitative estimate of drug-likeness (QED) is 0.341. The fourth-order valence-electron chi connectivity index (χ4n) is 4.45. The summed E-state index contributed by atoms with van der Waals surface area (Å²) in [6, 6.07) is 8.87. The van der Waals surface area contributed by atoms with Crippen LogP contribution in [0.15, 0.2) is 29.3 Å². The smallest absolute Gasteiger partial charge is 0.191 e. The number of benzene rings is 1. The van der Waals surface area contributed by atoms with E-state index in [2.05, 4.69) is 58.8 Å². The van der Waals surface area contributed by atoms with Gasteiger partial charge in [-0.05, 0) is 52.0 Å². The molecule has 2 aliphatic heterocycles. The molecule has 1 fully saturated rings. The van der Waals surface area contributed by atoms with Crippen molar-refractivity contribution in [3.05, 3.63) is 47.0 Å². The molecule has 3 heterocycles. The van der Waals surface area contributed by atoms with E-state index in [4.69, 9.17) is 9.73 Å². The van der Waals surface area contributed by atoms with Crippen LogP contribution >= 0.6 is 24.0 Å². The predicted molar refractivity (Wildman–Crippen MR) is 134 cm³/mol. The Hall–Kier alpha value is -1.68. The van der Waals surface area contributed by atoms with Crippen LogP contribution in [0.1, 0.15) is 67.5 Å². The van der Waals surface area contributed by atoms with Gasteiger partial charge in [0.05, 0.1) is 12.1 Å². The highest BCUT2D eigenvalue weighted by molar-refractivity contribution is 14.0. The number of aryl methyl sites for hydroxylation is 3. The van der Waals surface area contributed by atoms with E-state index in [0.717, 1.165) is 69.5 Å². The van der Waals surface area contributed by atoms with Gasteiger partial charge >= 0.3 is 0 Å². The van der Waals surface area contributed by atoms with Gasteiger partial charge < -0.3 is 15.4 Å². The molecule has 0 saturated carbocycles. The summed E-state index contributed by atoms with van der Waals surface area (Å²) in [5.74, 6) is 3.09. The second-order valence-electron chi connectivity index (χ2n) is 8.40. The topological polar surface area (TPSA) is 76.4 Å². The van der Waals surface area contributed by atoms with Crippen LogP contribution in [0.3, 0.4) is 0 Å². The van der Waals surface area contributed by atoms with E-state index < -0.39 is 0 Å². The number of aromatic nitrogens is 3. The normalized spacial score (nSPS) is 23.6. The van der Waals surface area contributed by atoms with Gasteiger partial charge in [-0.3, -0.25) is 4.99 Å². The van der Waals surface area contributed by atoms with Crippen LogP contribution in [0.25, 0.3) is 0 Å². The zero-order chi connectivity index (χ0) is 20.9. The van der Waals surface area contributed by atoms with Crippen molar-refractivity contribution in [3.8, 4) is 0 Å². The first-order valence-corrected chi connectivity index (χ1v) is 11.3. The van der Waals surface area contributed by atoms with Gasteiger partial charge in [0.25, 0.3) is 0 Å². The zero-order valence-electron chi connectivity index (χ0n) is 18.8. The molecular weight excluding hydrogens is 503 g/mol. The minimum absolute atomic E-state index is 0. The molecule has 1 saturated heterocycles. The molecule has 170 valence electrons. The lowest BCUT2D eigenvalue weighted by Crippen LogP contribution is -2.42.